The van der Waals surface area contributed by atoms with Crippen LogP contribution in [-0.4, -0.2) is 50.8 Å². The molecule has 112 valence electrons. The van der Waals surface area contributed by atoms with Crippen molar-refractivity contribution >= 4 is 16.1 Å². The lowest BCUT2D eigenvalue weighted by molar-refractivity contribution is 0.149. The lowest BCUT2D eigenvalue weighted by atomic mass is 10.0. The van der Waals surface area contributed by atoms with Crippen LogP contribution in [0.1, 0.15) is 39.5 Å². The molecule has 0 bridgehead atoms. The highest BCUT2D eigenvalue weighted by Crippen LogP contribution is 2.17. The fourth-order valence-corrected chi connectivity index (χ4v) is 2.62. The standard InChI is InChI=1S/C12H25N3O3S/c1-4-10(2)14-12(16)15-8-6-5-7-11(15)9-13-19(3,17)18/h10-11,13H,4-9H2,1-3H3,(H,14,16)/t10-,11+/m1/s1. The lowest BCUT2D eigenvalue weighted by Gasteiger charge is -2.36. The number of carbonyl (C=O) groups is 1. The largest absolute Gasteiger partial charge is 0.336 e. The van der Waals surface area contributed by atoms with Crippen molar-refractivity contribution in [3.63, 3.8) is 0 Å². The summed E-state index contributed by atoms with van der Waals surface area (Å²) in [6.07, 6.45) is 4.87. The molecule has 6 nitrogen and oxygen atoms in total. The van der Waals surface area contributed by atoms with Gasteiger partial charge in [0.15, 0.2) is 0 Å². The van der Waals surface area contributed by atoms with Crippen molar-refractivity contribution in [2.24, 2.45) is 0 Å². The van der Waals surface area contributed by atoms with Gasteiger partial charge in [0, 0.05) is 25.2 Å². The summed E-state index contributed by atoms with van der Waals surface area (Å²) in [5.74, 6) is 0. The molecular weight excluding hydrogens is 266 g/mol. The van der Waals surface area contributed by atoms with E-state index in [4.69, 9.17) is 0 Å². The predicted molar refractivity (Wildman–Crippen MR) is 75.5 cm³/mol. The van der Waals surface area contributed by atoms with Crippen molar-refractivity contribution in [2.75, 3.05) is 19.3 Å². The van der Waals surface area contributed by atoms with Gasteiger partial charge in [-0.1, -0.05) is 6.92 Å². The Hall–Kier alpha value is -0.820. The van der Waals surface area contributed by atoms with Gasteiger partial charge in [0.2, 0.25) is 10.0 Å². The molecule has 0 aliphatic carbocycles. The van der Waals surface area contributed by atoms with Crippen molar-refractivity contribution in [3.05, 3.63) is 0 Å². The minimum atomic E-state index is -3.21. The van der Waals surface area contributed by atoms with E-state index in [1.807, 2.05) is 13.8 Å². The molecule has 0 spiro atoms. The van der Waals surface area contributed by atoms with Crippen molar-refractivity contribution in [2.45, 2.75) is 51.6 Å². The molecule has 1 aliphatic rings. The van der Waals surface area contributed by atoms with Gasteiger partial charge >= 0.3 is 6.03 Å². The van der Waals surface area contributed by atoms with Crippen LogP contribution in [0.5, 0.6) is 0 Å². The Bertz CT molecular complexity index is 397. The van der Waals surface area contributed by atoms with Crippen LogP contribution >= 0.6 is 0 Å². The summed E-state index contributed by atoms with van der Waals surface area (Å²) in [7, 11) is -3.21. The van der Waals surface area contributed by atoms with Gasteiger partial charge in [-0.25, -0.2) is 17.9 Å². The maximum absolute atomic E-state index is 12.1. The monoisotopic (exact) mass is 291 g/mol. The van der Waals surface area contributed by atoms with E-state index in [1.165, 1.54) is 0 Å². The molecule has 2 atom stereocenters. The van der Waals surface area contributed by atoms with E-state index >= 15 is 0 Å². The summed E-state index contributed by atoms with van der Waals surface area (Å²) in [5, 5.41) is 2.94. The van der Waals surface area contributed by atoms with Crippen molar-refractivity contribution in [1.29, 1.82) is 0 Å². The van der Waals surface area contributed by atoms with Crippen LogP contribution in [0.2, 0.25) is 0 Å². The zero-order chi connectivity index (χ0) is 14.5. The van der Waals surface area contributed by atoms with Gasteiger partial charge in [0.1, 0.15) is 0 Å². The number of piperidine rings is 1. The predicted octanol–water partition coefficient (Wildman–Crippen LogP) is 0.898. The van der Waals surface area contributed by atoms with Gasteiger partial charge in [-0.2, -0.15) is 0 Å². The number of sulfonamides is 1. The molecule has 0 aromatic rings. The Morgan fingerprint density at radius 1 is 1.42 bits per heavy atom. The molecule has 0 unspecified atom stereocenters. The highest BCUT2D eigenvalue weighted by molar-refractivity contribution is 7.88. The zero-order valence-corrected chi connectivity index (χ0v) is 12.8. The third-order valence-corrected chi connectivity index (χ3v) is 4.14. The fraction of sp³-hybridized carbons (Fsp3) is 0.917. The quantitative estimate of drug-likeness (QED) is 0.790. The normalized spacial score (nSPS) is 22.1. The zero-order valence-electron chi connectivity index (χ0n) is 12.0. The van der Waals surface area contributed by atoms with E-state index < -0.39 is 10.0 Å². The molecule has 7 heteroatoms. The molecule has 0 aromatic heterocycles. The van der Waals surface area contributed by atoms with Crippen LogP contribution in [0.25, 0.3) is 0 Å². The van der Waals surface area contributed by atoms with Gasteiger partial charge in [-0.15, -0.1) is 0 Å². The summed E-state index contributed by atoms with van der Waals surface area (Å²) in [6, 6.07) is -0.000161. The van der Waals surface area contributed by atoms with E-state index in [-0.39, 0.29) is 18.1 Å². The number of rotatable bonds is 5. The van der Waals surface area contributed by atoms with Crippen LogP contribution in [-0.2, 0) is 10.0 Å². The molecular formula is C12H25N3O3S. The van der Waals surface area contributed by atoms with Crippen molar-refractivity contribution in [3.8, 4) is 0 Å². The van der Waals surface area contributed by atoms with Crippen LogP contribution in [0.4, 0.5) is 4.79 Å². The van der Waals surface area contributed by atoms with Crippen molar-refractivity contribution < 1.29 is 13.2 Å². The number of urea groups is 1. The topological polar surface area (TPSA) is 78.5 Å². The van der Waals surface area contributed by atoms with Crippen molar-refractivity contribution in [1.82, 2.24) is 14.9 Å². The second kappa shape index (κ2) is 7.09. The minimum absolute atomic E-state index is 0.0486. The third-order valence-electron chi connectivity index (χ3n) is 3.45. The summed E-state index contributed by atoms with van der Waals surface area (Å²) >= 11 is 0. The summed E-state index contributed by atoms with van der Waals surface area (Å²) < 4.78 is 24.8. The van der Waals surface area contributed by atoms with Gasteiger partial charge in [0.05, 0.1) is 6.26 Å². The molecule has 1 saturated heterocycles. The molecule has 2 N–H and O–H groups in total. The summed E-state index contributed by atoms with van der Waals surface area (Å²) in [6.45, 7) is 4.97. The first-order chi connectivity index (χ1) is 8.83. The Labute approximate surface area is 116 Å². The Morgan fingerprint density at radius 3 is 2.68 bits per heavy atom. The highest BCUT2D eigenvalue weighted by atomic mass is 32.2. The number of amides is 2. The van der Waals surface area contributed by atoms with E-state index in [2.05, 4.69) is 10.0 Å². The van der Waals surface area contributed by atoms with Crippen LogP contribution in [0.3, 0.4) is 0 Å². The smallest absolute Gasteiger partial charge is 0.317 e. The number of hydrogen-bond donors (Lipinski definition) is 2. The van der Waals surface area contributed by atoms with E-state index in [9.17, 15) is 13.2 Å². The first kappa shape index (κ1) is 16.2. The number of nitrogens with zero attached hydrogens (tertiary/aromatic N) is 1. The molecule has 1 fully saturated rings. The second-order valence-electron chi connectivity index (χ2n) is 5.22. The van der Waals surface area contributed by atoms with Crippen LogP contribution < -0.4 is 10.0 Å². The van der Waals surface area contributed by atoms with E-state index in [0.29, 0.717) is 13.1 Å². The molecule has 1 rings (SSSR count). The van der Waals surface area contributed by atoms with Crippen LogP contribution in [0, 0.1) is 0 Å². The molecule has 2 amide bonds. The first-order valence-corrected chi connectivity index (χ1v) is 8.74. The minimum Gasteiger partial charge on any atom is -0.336 e. The average Bonchev–Trinajstić information content (AvgIpc) is 2.35. The molecule has 0 radical (unpaired) electrons. The summed E-state index contributed by atoms with van der Waals surface area (Å²) in [4.78, 5) is 13.9. The number of nitrogens with one attached hydrogen (secondary N) is 2. The number of hydrogen-bond acceptors (Lipinski definition) is 3. The van der Waals surface area contributed by atoms with Gasteiger partial charge < -0.3 is 10.2 Å². The van der Waals surface area contributed by atoms with Crippen LogP contribution in [0.15, 0.2) is 0 Å². The Morgan fingerprint density at radius 2 is 2.11 bits per heavy atom. The molecule has 1 heterocycles. The second-order valence-corrected chi connectivity index (χ2v) is 7.06. The third kappa shape index (κ3) is 5.78. The Balaban J connectivity index is 2.59. The maximum Gasteiger partial charge on any atom is 0.317 e. The number of carbonyl (C=O) groups excluding carboxylic acids is 1. The lowest BCUT2D eigenvalue weighted by Crippen LogP contribution is -2.54. The summed E-state index contributed by atoms with van der Waals surface area (Å²) in [5.41, 5.74) is 0. The Kier molecular flexibility index (Phi) is 6.06. The molecule has 19 heavy (non-hydrogen) atoms. The fourth-order valence-electron chi connectivity index (χ4n) is 2.12. The van der Waals surface area contributed by atoms with E-state index in [1.54, 1.807) is 4.90 Å². The SMILES string of the molecule is CC[C@@H](C)NC(=O)N1CCCC[C@H]1CNS(C)(=O)=O. The molecule has 0 aromatic carbocycles. The highest BCUT2D eigenvalue weighted by Gasteiger charge is 2.27. The van der Waals surface area contributed by atoms with E-state index in [0.717, 1.165) is 31.9 Å². The van der Waals surface area contributed by atoms with Gasteiger partial charge in [-0.05, 0) is 32.6 Å². The van der Waals surface area contributed by atoms with Gasteiger partial charge in [0.25, 0.3) is 0 Å². The molecule has 1 aliphatic heterocycles. The van der Waals surface area contributed by atoms with Gasteiger partial charge in [-0.3, -0.25) is 0 Å². The first-order valence-electron chi connectivity index (χ1n) is 6.85. The average molecular weight is 291 g/mol. The number of likely N-dealkylation sites (tertiary alicyclic amines) is 1. The maximum atomic E-state index is 12.1. The molecule has 0 saturated carbocycles.